The SMILES string of the molecule is CC(C)CC(C#N)C12CC3CC(CC(C3)C1)C2. The molecule has 1 unspecified atom stereocenters. The third kappa shape index (κ3) is 1.90. The highest BCUT2D eigenvalue weighted by Gasteiger charge is 2.54. The van der Waals surface area contributed by atoms with Gasteiger partial charge in [0.05, 0.1) is 12.0 Å². The molecule has 1 heteroatoms. The quantitative estimate of drug-likeness (QED) is 0.706. The standard InChI is InChI=1S/C16H25N/c1-11(2)3-15(10-17)16-7-12-4-13(8-16)6-14(5-12)9-16/h11-15H,3-9H2,1-2H3. The van der Waals surface area contributed by atoms with Crippen LogP contribution in [0, 0.1) is 46.3 Å². The first-order valence-corrected chi connectivity index (χ1v) is 7.51. The van der Waals surface area contributed by atoms with Crippen LogP contribution < -0.4 is 0 Å². The van der Waals surface area contributed by atoms with Crippen molar-refractivity contribution in [2.45, 2.75) is 58.8 Å². The molecule has 4 rings (SSSR count). The van der Waals surface area contributed by atoms with Crippen LogP contribution in [-0.4, -0.2) is 0 Å². The molecule has 0 amide bonds. The van der Waals surface area contributed by atoms with Crippen molar-refractivity contribution in [1.82, 2.24) is 0 Å². The Hall–Kier alpha value is -0.510. The molecule has 0 spiro atoms. The third-order valence-electron chi connectivity index (χ3n) is 5.69. The Labute approximate surface area is 106 Å². The van der Waals surface area contributed by atoms with Gasteiger partial charge in [0.2, 0.25) is 0 Å². The Morgan fingerprint density at radius 1 is 1.06 bits per heavy atom. The Kier molecular flexibility index (Phi) is 2.73. The van der Waals surface area contributed by atoms with Crippen LogP contribution in [0.5, 0.6) is 0 Å². The summed E-state index contributed by atoms with van der Waals surface area (Å²) in [7, 11) is 0. The Balaban J connectivity index is 1.83. The topological polar surface area (TPSA) is 23.8 Å². The van der Waals surface area contributed by atoms with E-state index in [4.69, 9.17) is 0 Å². The molecule has 0 aromatic heterocycles. The van der Waals surface area contributed by atoms with Crippen molar-refractivity contribution in [2.24, 2.45) is 35.0 Å². The zero-order valence-corrected chi connectivity index (χ0v) is 11.3. The molecule has 0 aliphatic heterocycles. The van der Waals surface area contributed by atoms with Gasteiger partial charge in [-0.15, -0.1) is 0 Å². The minimum absolute atomic E-state index is 0.343. The first-order chi connectivity index (χ1) is 8.11. The number of hydrogen-bond donors (Lipinski definition) is 0. The Bertz CT molecular complexity index is 301. The lowest BCUT2D eigenvalue weighted by Crippen LogP contribution is -2.49. The van der Waals surface area contributed by atoms with Gasteiger partial charge in [-0.2, -0.15) is 5.26 Å². The van der Waals surface area contributed by atoms with Crippen LogP contribution >= 0.6 is 0 Å². The Morgan fingerprint density at radius 2 is 1.53 bits per heavy atom. The van der Waals surface area contributed by atoms with Gasteiger partial charge in [0.15, 0.2) is 0 Å². The second-order valence-corrected chi connectivity index (χ2v) is 7.59. The van der Waals surface area contributed by atoms with E-state index in [0.29, 0.717) is 17.3 Å². The van der Waals surface area contributed by atoms with Crippen molar-refractivity contribution in [2.75, 3.05) is 0 Å². The lowest BCUT2D eigenvalue weighted by atomic mass is 9.46. The summed E-state index contributed by atoms with van der Waals surface area (Å²) in [6, 6.07) is 2.69. The second-order valence-electron chi connectivity index (χ2n) is 7.59. The summed E-state index contributed by atoms with van der Waals surface area (Å²) in [4.78, 5) is 0. The van der Waals surface area contributed by atoms with Crippen LogP contribution in [0.25, 0.3) is 0 Å². The van der Waals surface area contributed by atoms with Gasteiger partial charge in [-0.25, -0.2) is 0 Å². The fraction of sp³-hybridized carbons (Fsp3) is 0.938. The molecule has 4 aliphatic carbocycles. The van der Waals surface area contributed by atoms with Gasteiger partial charge < -0.3 is 0 Å². The molecule has 1 nitrogen and oxygen atoms in total. The van der Waals surface area contributed by atoms with Gasteiger partial charge in [-0.3, -0.25) is 0 Å². The van der Waals surface area contributed by atoms with E-state index in [1.807, 2.05) is 0 Å². The van der Waals surface area contributed by atoms with Crippen molar-refractivity contribution in [3.63, 3.8) is 0 Å². The highest BCUT2D eigenvalue weighted by atomic mass is 14.6. The molecular formula is C16H25N. The maximum Gasteiger partial charge on any atom is 0.0661 e. The third-order valence-corrected chi connectivity index (χ3v) is 5.69. The monoisotopic (exact) mass is 231 g/mol. The van der Waals surface area contributed by atoms with E-state index in [1.54, 1.807) is 0 Å². The van der Waals surface area contributed by atoms with E-state index in [-0.39, 0.29) is 0 Å². The van der Waals surface area contributed by atoms with Crippen molar-refractivity contribution < 1.29 is 0 Å². The van der Waals surface area contributed by atoms with Crippen molar-refractivity contribution in [3.05, 3.63) is 0 Å². The molecule has 4 fully saturated rings. The van der Waals surface area contributed by atoms with Crippen LogP contribution in [0.1, 0.15) is 58.8 Å². The average Bonchev–Trinajstić information content (AvgIpc) is 2.23. The fourth-order valence-electron chi connectivity index (χ4n) is 5.52. The molecule has 17 heavy (non-hydrogen) atoms. The lowest BCUT2D eigenvalue weighted by molar-refractivity contribution is -0.0781. The minimum Gasteiger partial charge on any atom is -0.198 e. The van der Waals surface area contributed by atoms with E-state index in [1.165, 1.54) is 38.5 Å². The molecule has 0 radical (unpaired) electrons. The van der Waals surface area contributed by atoms with Crippen LogP contribution in [0.4, 0.5) is 0 Å². The van der Waals surface area contributed by atoms with Gasteiger partial charge in [0.1, 0.15) is 0 Å². The Morgan fingerprint density at radius 3 is 1.88 bits per heavy atom. The van der Waals surface area contributed by atoms with Gasteiger partial charge in [0, 0.05) is 0 Å². The van der Waals surface area contributed by atoms with E-state index in [2.05, 4.69) is 19.9 Å². The largest absolute Gasteiger partial charge is 0.198 e. The minimum atomic E-state index is 0.343. The normalized spacial score (nSPS) is 44.9. The van der Waals surface area contributed by atoms with E-state index < -0.39 is 0 Å². The van der Waals surface area contributed by atoms with Crippen molar-refractivity contribution in [3.8, 4) is 6.07 Å². The molecule has 0 N–H and O–H groups in total. The predicted molar refractivity (Wildman–Crippen MR) is 69.2 cm³/mol. The number of hydrogen-bond acceptors (Lipinski definition) is 1. The first-order valence-electron chi connectivity index (χ1n) is 7.51. The van der Waals surface area contributed by atoms with Gasteiger partial charge in [-0.05, 0) is 74.0 Å². The average molecular weight is 231 g/mol. The molecule has 4 bridgehead atoms. The zero-order chi connectivity index (χ0) is 12.0. The molecule has 0 aromatic carbocycles. The molecular weight excluding hydrogens is 206 g/mol. The van der Waals surface area contributed by atoms with Crippen LogP contribution in [0.15, 0.2) is 0 Å². The van der Waals surface area contributed by atoms with Gasteiger partial charge >= 0.3 is 0 Å². The molecule has 0 saturated heterocycles. The van der Waals surface area contributed by atoms with Gasteiger partial charge in [0.25, 0.3) is 0 Å². The first kappa shape index (κ1) is 11.6. The molecule has 1 atom stereocenters. The zero-order valence-electron chi connectivity index (χ0n) is 11.3. The molecule has 0 heterocycles. The molecule has 4 aliphatic rings. The summed E-state index contributed by atoms with van der Waals surface area (Å²) < 4.78 is 0. The fourth-order valence-corrected chi connectivity index (χ4v) is 5.52. The maximum atomic E-state index is 9.58. The number of nitriles is 1. The summed E-state index contributed by atoms with van der Waals surface area (Å²) >= 11 is 0. The molecule has 94 valence electrons. The van der Waals surface area contributed by atoms with Crippen molar-refractivity contribution >= 4 is 0 Å². The van der Waals surface area contributed by atoms with Crippen LogP contribution in [0.2, 0.25) is 0 Å². The second kappa shape index (κ2) is 4.01. The lowest BCUT2D eigenvalue weighted by Gasteiger charge is -2.58. The van der Waals surface area contributed by atoms with Crippen LogP contribution in [-0.2, 0) is 0 Å². The summed E-state index contributed by atoms with van der Waals surface area (Å²) in [5.74, 6) is 3.95. The predicted octanol–water partition coefficient (Wildman–Crippen LogP) is 4.39. The van der Waals surface area contributed by atoms with E-state index in [9.17, 15) is 5.26 Å². The molecule has 4 saturated carbocycles. The number of nitrogens with zero attached hydrogens (tertiary/aromatic N) is 1. The molecule has 0 aromatic rings. The highest BCUT2D eigenvalue weighted by molar-refractivity contribution is 5.08. The van der Waals surface area contributed by atoms with E-state index >= 15 is 0 Å². The van der Waals surface area contributed by atoms with Crippen LogP contribution in [0.3, 0.4) is 0 Å². The van der Waals surface area contributed by atoms with E-state index in [0.717, 1.165) is 24.2 Å². The summed E-state index contributed by atoms with van der Waals surface area (Å²) in [6.07, 6.45) is 9.72. The van der Waals surface area contributed by atoms with Crippen molar-refractivity contribution in [1.29, 1.82) is 5.26 Å². The number of rotatable bonds is 3. The summed E-state index contributed by atoms with van der Waals surface area (Å²) in [5, 5.41) is 9.58. The summed E-state index contributed by atoms with van der Waals surface area (Å²) in [6.45, 7) is 4.54. The summed E-state index contributed by atoms with van der Waals surface area (Å²) in [5.41, 5.74) is 0.438. The smallest absolute Gasteiger partial charge is 0.0661 e. The maximum absolute atomic E-state index is 9.58. The van der Waals surface area contributed by atoms with Gasteiger partial charge in [-0.1, -0.05) is 13.8 Å². The highest BCUT2D eigenvalue weighted by Crippen LogP contribution is 2.63.